The Kier molecular flexibility index (Phi) is 4.97. The molecule has 0 spiro atoms. The van der Waals surface area contributed by atoms with Gasteiger partial charge in [0.25, 0.3) is 0 Å². The minimum atomic E-state index is 0.227. The highest BCUT2D eigenvalue weighted by molar-refractivity contribution is 5.78. The fraction of sp³-hybridized carbons (Fsp3) is 0.923. The van der Waals surface area contributed by atoms with Crippen LogP contribution in [0.15, 0.2) is 0 Å². The van der Waals surface area contributed by atoms with Crippen molar-refractivity contribution in [2.75, 3.05) is 46.4 Å². The maximum atomic E-state index is 12.2. The standard InChI is InChI=1S/C13H25N3O2/c1-11-9-15-6-3-4-12(15)10-16(11)13(17)8-14-5-7-18-2/h11-12,14H,3-10H2,1-2H3. The maximum Gasteiger partial charge on any atom is 0.236 e. The molecular weight excluding hydrogens is 230 g/mol. The van der Waals surface area contributed by atoms with Crippen LogP contribution in [0.2, 0.25) is 0 Å². The van der Waals surface area contributed by atoms with Crippen LogP contribution in [0.4, 0.5) is 0 Å². The maximum absolute atomic E-state index is 12.2. The lowest BCUT2D eigenvalue weighted by atomic mass is 10.1. The van der Waals surface area contributed by atoms with Crippen LogP contribution >= 0.6 is 0 Å². The molecule has 0 aromatic heterocycles. The lowest BCUT2D eigenvalue weighted by Crippen LogP contribution is -2.58. The lowest BCUT2D eigenvalue weighted by Gasteiger charge is -2.42. The monoisotopic (exact) mass is 255 g/mol. The Hall–Kier alpha value is -0.650. The molecule has 2 fully saturated rings. The van der Waals surface area contributed by atoms with E-state index in [0.29, 0.717) is 25.2 Å². The van der Waals surface area contributed by atoms with E-state index in [9.17, 15) is 4.79 Å². The first-order chi connectivity index (χ1) is 8.72. The van der Waals surface area contributed by atoms with Crippen LogP contribution in [0.3, 0.4) is 0 Å². The highest BCUT2D eigenvalue weighted by Crippen LogP contribution is 2.24. The molecule has 0 bridgehead atoms. The van der Waals surface area contributed by atoms with Crippen LogP contribution in [0, 0.1) is 0 Å². The summed E-state index contributed by atoms with van der Waals surface area (Å²) in [5, 5.41) is 3.13. The van der Waals surface area contributed by atoms with Gasteiger partial charge in [-0.25, -0.2) is 0 Å². The molecule has 0 saturated carbocycles. The average molecular weight is 255 g/mol. The van der Waals surface area contributed by atoms with Gasteiger partial charge in [0.05, 0.1) is 13.2 Å². The van der Waals surface area contributed by atoms with Crippen molar-refractivity contribution in [1.29, 1.82) is 0 Å². The van der Waals surface area contributed by atoms with Crippen LogP contribution < -0.4 is 5.32 Å². The molecule has 2 aliphatic rings. The number of fused-ring (bicyclic) bond motifs is 1. The van der Waals surface area contributed by atoms with Gasteiger partial charge in [-0.3, -0.25) is 9.69 Å². The molecule has 2 rings (SSSR count). The third-order valence-corrected chi connectivity index (χ3v) is 4.02. The van der Waals surface area contributed by atoms with Gasteiger partial charge in [0.15, 0.2) is 0 Å². The normalized spacial score (nSPS) is 28.4. The molecule has 0 aromatic carbocycles. The summed E-state index contributed by atoms with van der Waals surface area (Å²) < 4.78 is 4.95. The molecule has 0 aliphatic carbocycles. The molecule has 2 heterocycles. The molecular formula is C13H25N3O2. The number of nitrogens with one attached hydrogen (secondary N) is 1. The van der Waals surface area contributed by atoms with Crippen molar-refractivity contribution in [3.8, 4) is 0 Å². The zero-order valence-corrected chi connectivity index (χ0v) is 11.5. The van der Waals surface area contributed by atoms with E-state index in [1.807, 2.05) is 4.90 Å². The molecule has 0 aromatic rings. The lowest BCUT2D eigenvalue weighted by molar-refractivity contribution is -0.135. The summed E-state index contributed by atoms with van der Waals surface area (Å²) in [6.45, 7) is 7.13. The molecule has 104 valence electrons. The largest absolute Gasteiger partial charge is 0.383 e. The number of piperazine rings is 1. The van der Waals surface area contributed by atoms with Crippen molar-refractivity contribution >= 4 is 5.91 Å². The topological polar surface area (TPSA) is 44.8 Å². The molecule has 1 amide bonds. The van der Waals surface area contributed by atoms with Crippen LogP contribution in [0.1, 0.15) is 19.8 Å². The summed E-state index contributed by atoms with van der Waals surface area (Å²) in [6, 6.07) is 0.945. The molecule has 18 heavy (non-hydrogen) atoms. The second kappa shape index (κ2) is 6.50. The molecule has 2 saturated heterocycles. The van der Waals surface area contributed by atoms with E-state index in [4.69, 9.17) is 4.74 Å². The van der Waals surface area contributed by atoms with E-state index in [2.05, 4.69) is 17.1 Å². The van der Waals surface area contributed by atoms with E-state index < -0.39 is 0 Å². The minimum Gasteiger partial charge on any atom is -0.383 e. The number of ether oxygens (including phenoxy) is 1. The Balaban J connectivity index is 1.78. The SMILES string of the molecule is COCCNCC(=O)N1CC2CCCN2CC1C. The molecule has 5 heteroatoms. The van der Waals surface area contributed by atoms with E-state index in [-0.39, 0.29) is 5.91 Å². The number of hydrogen-bond acceptors (Lipinski definition) is 4. The van der Waals surface area contributed by atoms with Crippen molar-refractivity contribution in [2.45, 2.75) is 31.8 Å². The van der Waals surface area contributed by atoms with Crippen LogP contribution in [0.5, 0.6) is 0 Å². The predicted octanol–water partition coefficient (Wildman–Crippen LogP) is -0.0825. The van der Waals surface area contributed by atoms with Gasteiger partial charge in [-0.2, -0.15) is 0 Å². The second-order valence-corrected chi connectivity index (χ2v) is 5.36. The first-order valence-electron chi connectivity index (χ1n) is 6.95. The van der Waals surface area contributed by atoms with E-state index >= 15 is 0 Å². The molecule has 2 unspecified atom stereocenters. The summed E-state index contributed by atoms with van der Waals surface area (Å²) in [5.74, 6) is 0.227. The molecule has 2 aliphatic heterocycles. The second-order valence-electron chi connectivity index (χ2n) is 5.36. The summed E-state index contributed by atoms with van der Waals surface area (Å²) in [6.07, 6.45) is 2.53. The van der Waals surface area contributed by atoms with E-state index in [0.717, 1.165) is 19.6 Å². The number of carbonyl (C=O) groups is 1. The number of rotatable bonds is 5. The average Bonchev–Trinajstić information content (AvgIpc) is 2.80. The van der Waals surface area contributed by atoms with Crippen LogP contribution in [0.25, 0.3) is 0 Å². The number of hydrogen-bond donors (Lipinski definition) is 1. The van der Waals surface area contributed by atoms with Gasteiger partial charge < -0.3 is 15.0 Å². The highest BCUT2D eigenvalue weighted by atomic mass is 16.5. The van der Waals surface area contributed by atoms with Gasteiger partial charge in [-0.05, 0) is 26.3 Å². The van der Waals surface area contributed by atoms with E-state index in [1.54, 1.807) is 7.11 Å². The van der Waals surface area contributed by atoms with Gasteiger partial charge in [0, 0.05) is 38.8 Å². The molecule has 5 nitrogen and oxygen atoms in total. The predicted molar refractivity (Wildman–Crippen MR) is 70.5 cm³/mol. The van der Waals surface area contributed by atoms with Gasteiger partial charge >= 0.3 is 0 Å². The Labute approximate surface area is 109 Å². The van der Waals surface area contributed by atoms with Crippen LogP contribution in [-0.2, 0) is 9.53 Å². The smallest absolute Gasteiger partial charge is 0.236 e. The quantitative estimate of drug-likeness (QED) is 0.698. The summed E-state index contributed by atoms with van der Waals surface area (Å²) in [7, 11) is 1.67. The van der Waals surface area contributed by atoms with Crippen LogP contribution in [-0.4, -0.2) is 74.2 Å². The van der Waals surface area contributed by atoms with Gasteiger partial charge in [0.2, 0.25) is 5.91 Å². The first kappa shape index (κ1) is 13.8. The fourth-order valence-electron chi connectivity index (χ4n) is 3.01. The molecule has 0 radical (unpaired) electrons. The Morgan fingerprint density at radius 3 is 3.06 bits per heavy atom. The first-order valence-corrected chi connectivity index (χ1v) is 6.95. The Morgan fingerprint density at radius 2 is 2.28 bits per heavy atom. The zero-order valence-electron chi connectivity index (χ0n) is 11.5. The Bertz CT molecular complexity index is 285. The van der Waals surface area contributed by atoms with Gasteiger partial charge in [-0.1, -0.05) is 0 Å². The van der Waals surface area contributed by atoms with Crippen molar-refractivity contribution < 1.29 is 9.53 Å². The van der Waals surface area contributed by atoms with E-state index in [1.165, 1.54) is 19.4 Å². The third kappa shape index (κ3) is 3.22. The fourth-order valence-corrected chi connectivity index (χ4v) is 3.01. The van der Waals surface area contributed by atoms with Crippen molar-refractivity contribution in [3.05, 3.63) is 0 Å². The van der Waals surface area contributed by atoms with Crippen molar-refractivity contribution in [2.24, 2.45) is 0 Å². The minimum absolute atomic E-state index is 0.227. The molecule has 1 N–H and O–H groups in total. The summed E-state index contributed by atoms with van der Waals surface area (Å²) in [5.41, 5.74) is 0. The number of methoxy groups -OCH3 is 1. The number of amides is 1. The van der Waals surface area contributed by atoms with Gasteiger partial charge in [-0.15, -0.1) is 0 Å². The third-order valence-electron chi connectivity index (χ3n) is 4.02. The zero-order chi connectivity index (χ0) is 13.0. The highest BCUT2D eigenvalue weighted by Gasteiger charge is 2.35. The van der Waals surface area contributed by atoms with Gasteiger partial charge in [0.1, 0.15) is 0 Å². The number of carbonyl (C=O) groups excluding carboxylic acids is 1. The molecule has 2 atom stereocenters. The number of nitrogens with zero attached hydrogens (tertiary/aromatic N) is 2. The summed E-state index contributed by atoms with van der Waals surface area (Å²) >= 11 is 0. The van der Waals surface area contributed by atoms with Crippen molar-refractivity contribution in [3.63, 3.8) is 0 Å². The Morgan fingerprint density at radius 1 is 1.44 bits per heavy atom. The summed E-state index contributed by atoms with van der Waals surface area (Å²) in [4.78, 5) is 16.7. The van der Waals surface area contributed by atoms with Crippen molar-refractivity contribution in [1.82, 2.24) is 15.1 Å².